The Morgan fingerprint density at radius 1 is 1.17 bits per heavy atom. The number of aromatic nitrogens is 1. The Morgan fingerprint density at radius 3 is 2.39 bits per heavy atom. The summed E-state index contributed by atoms with van der Waals surface area (Å²) in [5.41, 5.74) is -6.55. The fraction of sp³-hybridized carbons (Fsp3) is 0.0833. The van der Waals surface area contributed by atoms with Gasteiger partial charge in [-0.05, 0) is 24.3 Å². The number of nitrogens with one attached hydrogen (secondary N) is 1. The third-order valence-corrected chi connectivity index (χ3v) is 4.19. The van der Waals surface area contributed by atoms with Crippen molar-refractivity contribution in [2.24, 2.45) is 0 Å². The molecule has 0 spiro atoms. The summed E-state index contributed by atoms with van der Waals surface area (Å²) in [7, 11) is -5.67. The van der Waals surface area contributed by atoms with Crippen LogP contribution in [-0.2, 0) is 9.84 Å². The Morgan fingerprint density at radius 2 is 1.87 bits per heavy atom. The van der Waals surface area contributed by atoms with E-state index in [0.29, 0.717) is 12.1 Å². The number of sulfone groups is 1. The summed E-state index contributed by atoms with van der Waals surface area (Å²) in [5.74, 6) is 0.210. The van der Waals surface area contributed by atoms with Crippen LogP contribution in [0.3, 0.4) is 0 Å². The SMILES string of the molecule is O=[N+]([O-])c1cc(S(=O)(=O)C(F)(F)F)ccc1Nc1ccccn1. The highest BCUT2D eigenvalue weighted by atomic mass is 32.2. The first-order chi connectivity index (χ1) is 10.6. The molecule has 1 aromatic heterocycles. The van der Waals surface area contributed by atoms with Crippen molar-refractivity contribution in [2.75, 3.05) is 5.32 Å². The van der Waals surface area contributed by atoms with Gasteiger partial charge in [-0.2, -0.15) is 13.2 Å². The lowest BCUT2D eigenvalue weighted by Crippen LogP contribution is -2.23. The summed E-state index contributed by atoms with van der Waals surface area (Å²) < 4.78 is 60.2. The van der Waals surface area contributed by atoms with Crippen molar-refractivity contribution in [1.82, 2.24) is 4.98 Å². The van der Waals surface area contributed by atoms with Crippen molar-refractivity contribution in [3.8, 4) is 0 Å². The molecule has 1 N–H and O–H groups in total. The predicted octanol–water partition coefficient (Wildman–Crippen LogP) is 3.03. The number of anilines is 2. The third-order valence-electron chi connectivity index (χ3n) is 2.71. The molecule has 0 saturated heterocycles. The van der Waals surface area contributed by atoms with Crippen molar-refractivity contribution < 1.29 is 26.5 Å². The summed E-state index contributed by atoms with van der Waals surface area (Å²) in [6.45, 7) is 0. The molecule has 0 radical (unpaired) electrons. The van der Waals surface area contributed by atoms with Crippen LogP contribution >= 0.6 is 0 Å². The van der Waals surface area contributed by atoms with Gasteiger partial charge < -0.3 is 5.32 Å². The molecule has 0 aliphatic carbocycles. The number of rotatable bonds is 4. The monoisotopic (exact) mass is 347 g/mol. The smallest absolute Gasteiger partial charge is 0.335 e. The second-order valence-corrected chi connectivity index (χ2v) is 6.17. The molecule has 0 unspecified atom stereocenters. The van der Waals surface area contributed by atoms with Crippen LogP contribution < -0.4 is 5.32 Å². The van der Waals surface area contributed by atoms with Gasteiger partial charge in [-0.1, -0.05) is 6.07 Å². The lowest BCUT2D eigenvalue weighted by molar-refractivity contribution is -0.384. The minimum atomic E-state index is -5.67. The van der Waals surface area contributed by atoms with Gasteiger partial charge in [0.05, 0.1) is 9.82 Å². The van der Waals surface area contributed by atoms with Crippen LogP contribution in [0.4, 0.5) is 30.4 Å². The van der Waals surface area contributed by atoms with E-state index in [0.717, 1.165) is 6.07 Å². The predicted molar refractivity (Wildman–Crippen MR) is 73.9 cm³/mol. The molecule has 23 heavy (non-hydrogen) atoms. The van der Waals surface area contributed by atoms with Crippen LogP contribution in [0.25, 0.3) is 0 Å². The number of benzene rings is 1. The number of hydrogen-bond donors (Lipinski definition) is 1. The van der Waals surface area contributed by atoms with Crippen LogP contribution in [0.2, 0.25) is 0 Å². The third kappa shape index (κ3) is 3.39. The normalized spacial score (nSPS) is 12.0. The van der Waals surface area contributed by atoms with Crippen molar-refractivity contribution >= 4 is 27.0 Å². The Bertz CT molecular complexity index is 838. The highest BCUT2D eigenvalue weighted by Gasteiger charge is 2.47. The first-order valence-corrected chi connectivity index (χ1v) is 7.39. The molecule has 1 aromatic carbocycles. The lowest BCUT2D eigenvalue weighted by atomic mass is 10.2. The van der Waals surface area contributed by atoms with E-state index in [-0.39, 0.29) is 11.5 Å². The number of nitro benzene ring substituents is 1. The van der Waals surface area contributed by atoms with Gasteiger partial charge in [0.15, 0.2) is 0 Å². The van der Waals surface area contributed by atoms with Crippen molar-refractivity contribution in [3.63, 3.8) is 0 Å². The van der Waals surface area contributed by atoms with Crippen LogP contribution in [0.1, 0.15) is 0 Å². The molecule has 0 fully saturated rings. The maximum atomic E-state index is 12.5. The zero-order chi connectivity index (χ0) is 17.3. The average Bonchev–Trinajstić information content (AvgIpc) is 2.47. The molecule has 122 valence electrons. The number of nitrogens with zero attached hydrogens (tertiary/aromatic N) is 2. The van der Waals surface area contributed by atoms with Crippen LogP contribution in [0.5, 0.6) is 0 Å². The number of hydrogen-bond acceptors (Lipinski definition) is 6. The van der Waals surface area contributed by atoms with Gasteiger partial charge in [-0.3, -0.25) is 10.1 Å². The molecular formula is C12H8F3N3O4S. The quantitative estimate of drug-likeness (QED) is 0.674. The minimum Gasteiger partial charge on any atom is -0.335 e. The van der Waals surface area contributed by atoms with E-state index in [9.17, 15) is 31.7 Å². The van der Waals surface area contributed by atoms with Crippen molar-refractivity contribution in [3.05, 3.63) is 52.7 Å². The fourth-order valence-corrected chi connectivity index (χ4v) is 2.42. The maximum Gasteiger partial charge on any atom is 0.501 e. The summed E-state index contributed by atoms with van der Waals surface area (Å²) in [4.78, 5) is 12.7. The molecule has 0 aliphatic rings. The van der Waals surface area contributed by atoms with Gasteiger partial charge >= 0.3 is 5.51 Å². The Labute approximate surface area is 127 Å². The second-order valence-electron chi connectivity index (χ2n) is 4.23. The number of alkyl halides is 3. The van der Waals surface area contributed by atoms with E-state index in [1.54, 1.807) is 12.1 Å². The first kappa shape index (κ1) is 16.7. The summed E-state index contributed by atoms with van der Waals surface area (Å²) in [6.07, 6.45) is 1.40. The maximum absolute atomic E-state index is 12.5. The Hall–Kier alpha value is -2.69. The van der Waals surface area contributed by atoms with E-state index in [2.05, 4.69) is 10.3 Å². The average molecular weight is 347 g/mol. The molecule has 1 heterocycles. The molecule has 0 amide bonds. The fourth-order valence-electron chi connectivity index (χ4n) is 1.64. The molecule has 0 bridgehead atoms. The number of nitro groups is 1. The minimum absolute atomic E-state index is 0.185. The van der Waals surface area contributed by atoms with Gasteiger partial charge in [-0.25, -0.2) is 13.4 Å². The molecule has 2 aromatic rings. The molecule has 7 nitrogen and oxygen atoms in total. The van der Waals surface area contributed by atoms with E-state index in [1.807, 2.05) is 0 Å². The van der Waals surface area contributed by atoms with Crippen molar-refractivity contribution in [1.29, 1.82) is 0 Å². The highest BCUT2D eigenvalue weighted by molar-refractivity contribution is 7.92. The standard InChI is InChI=1S/C12H8F3N3O4S/c13-12(14,15)23(21,22)8-4-5-9(10(7-8)18(19)20)17-11-3-1-2-6-16-11/h1-7H,(H,16,17). The summed E-state index contributed by atoms with van der Waals surface area (Å²) >= 11 is 0. The van der Waals surface area contributed by atoms with Gasteiger partial charge in [0.1, 0.15) is 11.5 Å². The van der Waals surface area contributed by atoms with E-state index >= 15 is 0 Å². The Balaban J connectivity index is 2.50. The zero-order valence-corrected chi connectivity index (χ0v) is 11.9. The van der Waals surface area contributed by atoms with Gasteiger partial charge in [-0.15, -0.1) is 0 Å². The van der Waals surface area contributed by atoms with Crippen LogP contribution in [0, 0.1) is 10.1 Å². The molecule has 0 atom stereocenters. The van der Waals surface area contributed by atoms with Gasteiger partial charge in [0.2, 0.25) is 0 Å². The van der Waals surface area contributed by atoms with Gasteiger partial charge in [0.25, 0.3) is 15.5 Å². The first-order valence-electron chi connectivity index (χ1n) is 5.91. The zero-order valence-electron chi connectivity index (χ0n) is 11.1. The Kier molecular flexibility index (Phi) is 4.23. The number of halogens is 3. The molecule has 11 heteroatoms. The van der Waals surface area contributed by atoms with Crippen LogP contribution in [0.15, 0.2) is 47.5 Å². The summed E-state index contributed by atoms with van der Waals surface area (Å²) in [5, 5.41) is 13.6. The van der Waals surface area contributed by atoms with Crippen LogP contribution in [-0.4, -0.2) is 23.8 Å². The van der Waals surface area contributed by atoms with Gasteiger partial charge in [0, 0.05) is 12.3 Å². The highest BCUT2D eigenvalue weighted by Crippen LogP contribution is 2.35. The van der Waals surface area contributed by atoms with Crippen molar-refractivity contribution in [2.45, 2.75) is 10.4 Å². The molecule has 0 aliphatic heterocycles. The largest absolute Gasteiger partial charge is 0.501 e. The molecular weight excluding hydrogens is 339 g/mol. The van der Waals surface area contributed by atoms with E-state index in [1.165, 1.54) is 12.3 Å². The van der Waals surface area contributed by atoms with E-state index < -0.39 is 30.9 Å². The lowest BCUT2D eigenvalue weighted by Gasteiger charge is -2.10. The molecule has 0 saturated carbocycles. The van der Waals surface area contributed by atoms with E-state index in [4.69, 9.17) is 0 Å². The molecule has 2 rings (SSSR count). The summed E-state index contributed by atoms with van der Waals surface area (Å²) in [6, 6.07) is 6.53. The second kappa shape index (κ2) is 5.83. The number of pyridine rings is 1. The topological polar surface area (TPSA) is 102 Å².